The highest BCUT2D eigenvalue weighted by molar-refractivity contribution is 7.15. The minimum Gasteiger partial charge on any atom is -0.360 e. The highest BCUT2D eigenvalue weighted by atomic mass is 32.1. The van der Waals surface area contributed by atoms with Crippen LogP contribution in [0.3, 0.4) is 0 Å². The van der Waals surface area contributed by atoms with Crippen LogP contribution in [0, 0.1) is 0 Å². The summed E-state index contributed by atoms with van der Waals surface area (Å²) in [6.07, 6.45) is 6.61. The molecule has 0 atom stereocenters. The molecule has 102 valence electrons. The Morgan fingerprint density at radius 3 is 2.72 bits per heavy atom. The van der Waals surface area contributed by atoms with Gasteiger partial charge in [0, 0.05) is 12.6 Å². The lowest BCUT2D eigenvalue weighted by Crippen LogP contribution is -2.32. The molecule has 1 heterocycles. The van der Waals surface area contributed by atoms with Gasteiger partial charge in [-0.15, -0.1) is 10.2 Å². The molecule has 0 amide bonds. The number of hydrogen-bond acceptors (Lipinski definition) is 5. The van der Waals surface area contributed by atoms with Crippen LogP contribution in [0.4, 0.5) is 5.13 Å². The number of rotatable bonds is 7. The number of nitrogens with zero attached hydrogens (tertiary/aromatic N) is 3. The first-order valence-electron chi connectivity index (χ1n) is 7.13. The lowest BCUT2D eigenvalue weighted by Gasteiger charge is -2.25. The van der Waals surface area contributed by atoms with Crippen molar-refractivity contribution < 1.29 is 0 Å². The molecule has 0 aliphatic heterocycles. The Bertz CT molecular complexity index is 347. The van der Waals surface area contributed by atoms with E-state index in [4.69, 9.17) is 0 Å². The maximum Gasteiger partial charge on any atom is 0.205 e. The molecule has 4 nitrogen and oxygen atoms in total. The van der Waals surface area contributed by atoms with Crippen LogP contribution < -0.4 is 5.32 Å². The van der Waals surface area contributed by atoms with Crippen LogP contribution in [0.1, 0.15) is 51.0 Å². The summed E-state index contributed by atoms with van der Waals surface area (Å²) in [7, 11) is 0. The molecule has 1 fully saturated rings. The second-order valence-electron chi connectivity index (χ2n) is 4.93. The Hall–Kier alpha value is -0.680. The topological polar surface area (TPSA) is 41.1 Å². The van der Waals surface area contributed by atoms with Crippen LogP contribution in [0.2, 0.25) is 0 Å². The van der Waals surface area contributed by atoms with Gasteiger partial charge in [0.05, 0.1) is 6.54 Å². The van der Waals surface area contributed by atoms with E-state index in [1.807, 2.05) is 0 Å². The van der Waals surface area contributed by atoms with Gasteiger partial charge < -0.3 is 5.32 Å². The molecule has 1 aromatic heterocycles. The largest absolute Gasteiger partial charge is 0.360 e. The Morgan fingerprint density at radius 2 is 2.06 bits per heavy atom. The van der Waals surface area contributed by atoms with E-state index in [-0.39, 0.29) is 0 Å². The summed E-state index contributed by atoms with van der Waals surface area (Å²) < 4.78 is 0. The molecule has 0 aromatic carbocycles. The summed E-state index contributed by atoms with van der Waals surface area (Å²) in [5.41, 5.74) is 0. The van der Waals surface area contributed by atoms with Crippen LogP contribution in [0.25, 0.3) is 0 Å². The fourth-order valence-electron chi connectivity index (χ4n) is 2.56. The van der Waals surface area contributed by atoms with Crippen molar-refractivity contribution in [1.29, 1.82) is 0 Å². The van der Waals surface area contributed by atoms with Crippen LogP contribution in [-0.4, -0.2) is 34.2 Å². The summed E-state index contributed by atoms with van der Waals surface area (Å²) >= 11 is 1.70. The van der Waals surface area contributed by atoms with Crippen LogP contribution >= 0.6 is 11.3 Å². The van der Waals surface area contributed by atoms with E-state index < -0.39 is 0 Å². The van der Waals surface area contributed by atoms with Crippen molar-refractivity contribution in [3.05, 3.63) is 5.01 Å². The van der Waals surface area contributed by atoms with Crippen LogP contribution in [0.5, 0.6) is 0 Å². The third kappa shape index (κ3) is 3.65. The molecule has 0 unspecified atom stereocenters. The summed E-state index contributed by atoms with van der Waals surface area (Å²) in [5, 5.41) is 13.9. The first kappa shape index (κ1) is 13.7. The molecule has 1 aliphatic carbocycles. The molecule has 0 radical (unpaired) electrons. The van der Waals surface area contributed by atoms with E-state index in [1.54, 1.807) is 11.3 Å². The molecule has 5 heteroatoms. The maximum absolute atomic E-state index is 4.29. The molecule has 1 saturated carbocycles. The summed E-state index contributed by atoms with van der Waals surface area (Å²) in [4.78, 5) is 2.55. The van der Waals surface area contributed by atoms with Crippen molar-refractivity contribution in [2.24, 2.45) is 0 Å². The standard InChI is InChI=1S/C13H24N4S/c1-3-9-14-13-16-15-12(18-13)10-17(4-2)11-7-5-6-8-11/h11H,3-10H2,1-2H3,(H,14,16). The number of aromatic nitrogens is 2. The van der Waals surface area contributed by atoms with Gasteiger partial charge in [0.1, 0.15) is 5.01 Å². The summed E-state index contributed by atoms with van der Waals surface area (Å²) in [6.45, 7) is 7.47. The molecule has 18 heavy (non-hydrogen) atoms. The molecule has 0 spiro atoms. The second-order valence-corrected chi connectivity index (χ2v) is 5.99. The van der Waals surface area contributed by atoms with E-state index >= 15 is 0 Å². The van der Waals surface area contributed by atoms with E-state index in [2.05, 4.69) is 34.3 Å². The minimum absolute atomic E-state index is 0.769. The molecule has 0 saturated heterocycles. The lowest BCUT2D eigenvalue weighted by molar-refractivity contribution is 0.199. The molecular formula is C13H24N4S. The minimum atomic E-state index is 0.769. The van der Waals surface area contributed by atoms with Gasteiger partial charge in [0.15, 0.2) is 0 Å². The molecule has 1 aliphatic rings. The first-order valence-corrected chi connectivity index (χ1v) is 7.95. The highest BCUT2D eigenvalue weighted by Gasteiger charge is 2.22. The van der Waals surface area contributed by atoms with Crippen molar-refractivity contribution >= 4 is 16.5 Å². The Kier molecular flexibility index (Phi) is 5.38. The normalized spacial score (nSPS) is 16.6. The monoisotopic (exact) mass is 268 g/mol. The number of anilines is 1. The lowest BCUT2D eigenvalue weighted by atomic mass is 10.2. The fraction of sp³-hybridized carbons (Fsp3) is 0.846. The zero-order valence-corrected chi connectivity index (χ0v) is 12.3. The predicted octanol–water partition coefficient (Wildman–Crippen LogP) is 3.12. The van der Waals surface area contributed by atoms with Gasteiger partial charge in [-0.3, -0.25) is 4.90 Å². The van der Waals surface area contributed by atoms with Gasteiger partial charge in [0.25, 0.3) is 0 Å². The van der Waals surface area contributed by atoms with Crippen molar-refractivity contribution in [2.75, 3.05) is 18.4 Å². The number of nitrogens with one attached hydrogen (secondary N) is 1. The SMILES string of the molecule is CCCNc1nnc(CN(CC)C2CCCC2)s1. The zero-order valence-electron chi connectivity index (χ0n) is 11.5. The summed E-state index contributed by atoms with van der Waals surface area (Å²) in [6, 6.07) is 0.769. The van der Waals surface area contributed by atoms with Crippen molar-refractivity contribution in [3.8, 4) is 0 Å². The Labute approximate surface area is 114 Å². The summed E-state index contributed by atoms with van der Waals surface area (Å²) in [5.74, 6) is 0. The second kappa shape index (κ2) is 7.04. The van der Waals surface area contributed by atoms with E-state index in [1.165, 1.54) is 25.7 Å². The smallest absolute Gasteiger partial charge is 0.205 e. The molecule has 0 bridgehead atoms. The third-order valence-corrected chi connectivity index (χ3v) is 4.44. The van der Waals surface area contributed by atoms with Gasteiger partial charge in [0.2, 0.25) is 5.13 Å². The molecular weight excluding hydrogens is 244 g/mol. The van der Waals surface area contributed by atoms with E-state index in [0.29, 0.717) is 0 Å². The fourth-order valence-corrected chi connectivity index (χ4v) is 3.35. The Morgan fingerprint density at radius 1 is 1.28 bits per heavy atom. The average molecular weight is 268 g/mol. The first-order chi connectivity index (χ1) is 8.83. The van der Waals surface area contributed by atoms with Gasteiger partial charge in [-0.25, -0.2) is 0 Å². The van der Waals surface area contributed by atoms with Gasteiger partial charge in [-0.2, -0.15) is 0 Å². The highest BCUT2D eigenvalue weighted by Crippen LogP contribution is 2.26. The van der Waals surface area contributed by atoms with Crippen LogP contribution in [-0.2, 0) is 6.54 Å². The Balaban J connectivity index is 1.88. The van der Waals surface area contributed by atoms with Crippen LogP contribution in [0.15, 0.2) is 0 Å². The number of hydrogen-bond donors (Lipinski definition) is 1. The van der Waals surface area contributed by atoms with Crippen molar-refractivity contribution in [3.63, 3.8) is 0 Å². The molecule has 2 rings (SSSR count). The van der Waals surface area contributed by atoms with Crippen molar-refractivity contribution in [1.82, 2.24) is 15.1 Å². The van der Waals surface area contributed by atoms with Gasteiger partial charge >= 0.3 is 0 Å². The molecule has 1 N–H and O–H groups in total. The maximum atomic E-state index is 4.29. The van der Waals surface area contributed by atoms with E-state index in [0.717, 1.165) is 42.2 Å². The molecule has 1 aromatic rings. The van der Waals surface area contributed by atoms with Gasteiger partial charge in [-0.05, 0) is 25.8 Å². The van der Waals surface area contributed by atoms with Crippen molar-refractivity contribution in [2.45, 2.75) is 58.5 Å². The predicted molar refractivity (Wildman–Crippen MR) is 77.0 cm³/mol. The quantitative estimate of drug-likeness (QED) is 0.825. The zero-order chi connectivity index (χ0) is 12.8. The third-order valence-electron chi connectivity index (χ3n) is 3.58. The van der Waals surface area contributed by atoms with E-state index in [9.17, 15) is 0 Å². The average Bonchev–Trinajstić information content (AvgIpc) is 3.04. The van der Waals surface area contributed by atoms with Gasteiger partial charge in [-0.1, -0.05) is 38.0 Å².